The van der Waals surface area contributed by atoms with E-state index in [1.807, 2.05) is 22.4 Å². The van der Waals surface area contributed by atoms with Gasteiger partial charge < -0.3 is 9.88 Å². The molecule has 3 aromatic rings. The summed E-state index contributed by atoms with van der Waals surface area (Å²) in [7, 11) is 0. The van der Waals surface area contributed by atoms with Gasteiger partial charge >= 0.3 is 0 Å². The van der Waals surface area contributed by atoms with Crippen LogP contribution in [0.4, 0.5) is 0 Å². The van der Waals surface area contributed by atoms with Crippen molar-refractivity contribution in [3.63, 3.8) is 0 Å². The number of carbonyl (C=O) groups excluding carboxylic acids is 1. The zero-order valence-corrected chi connectivity index (χ0v) is 17.8. The summed E-state index contributed by atoms with van der Waals surface area (Å²) in [5.41, 5.74) is 1.14. The smallest absolute Gasteiger partial charge is 0.259 e. The standard InChI is InChI=1S/C21H25N3O2S2/c1-2-3-10-18(25)24(12-14-7-6-11-27-14)13-17-22-20(26)19-15-8-4-5-9-16(15)28-21(19)23-17/h6-7,11H,2-5,8-10,12-13H2,1H3,(H,22,23,26). The fourth-order valence-corrected chi connectivity index (χ4v) is 5.77. The Labute approximate surface area is 172 Å². The summed E-state index contributed by atoms with van der Waals surface area (Å²) in [5, 5.41) is 2.79. The third-order valence-corrected chi connectivity index (χ3v) is 7.29. The van der Waals surface area contributed by atoms with Gasteiger partial charge in [0.15, 0.2) is 0 Å². The van der Waals surface area contributed by atoms with Gasteiger partial charge in [-0.25, -0.2) is 4.98 Å². The summed E-state index contributed by atoms with van der Waals surface area (Å²) in [6, 6.07) is 4.04. The lowest BCUT2D eigenvalue weighted by atomic mass is 9.97. The van der Waals surface area contributed by atoms with Gasteiger partial charge in [-0.2, -0.15) is 0 Å². The Morgan fingerprint density at radius 3 is 2.93 bits per heavy atom. The van der Waals surface area contributed by atoms with E-state index in [0.29, 0.717) is 25.3 Å². The number of rotatable bonds is 7. The minimum Gasteiger partial charge on any atom is -0.330 e. The van der Waals surface area contributed by atoms with Gasteiger partial charge in [0.2, 0.25) is 5.91 Å². The van der Waals surface area contributed by atoms with E-state index in [9.17, 15) is 9.59 Å². The van der Waals surface area contributed by atoms with E-state index in [0.717, 1.165) is 47.2 Å². The molecule has 148 valence electrons. The average molecular weight is 416 g/mol. The normalized spacial score (nSPS) is 13.6. The summed E-state index contributed by atoms with van der Waals surface area (Å²) in [6.07, 6.45) is 6.73. The van der Waals surface area contributed by atoms with E-state index < -0.39 is 0 Å². The number of aromatic nitrogens is 2. The van der Waals surface area contributed by atoms with Gasteiger partial charge in [-0.05, 0) is 49.1 Å². The van der Waals surface area contributed by atoms with Crippen molar-refractivity contribution in [2.24, 2.45) is 0 Å². The molecule has 7 heteroatoms. The second-order valence-electron chi connectivity index (χ2n) is 7.34. The van der Waals surface area contributed by atoms with Gasteiger partial charge in [0, 0.05) is 16.2 Å². The van der Waals surface area contributed by atoms with Crippen LogP contribution >= 0.6 is 22.7 Å². The van der Waals surface area contributed by atoms with Gasteiger partial charge in [-0.3, -0.25) is 9.59 Å². The average Bonchev–Trinajstić information content (AvgIpc) is 3.32. The van der Waals surface area contributed by atoms with Crippen molar-refractivity contribution in [2.45, 2.75) is 65.0 Å². The molecule has 0 aliphatic heterocycles. The van der Waals surface area contributed by atoms with Gasteiger partial charge in [-0.15, -0.1) is 22.7 Å². The number of hydrogen-bond acceptors (Lipinski definition) is 5. The molecule has 5 nitrogen and oxygen atoms in total. The zero-order chi connectivity index (χ0) is 19.5. The number of H-pyrrole nitrogens is 1. The molecule has 0 aromatic carbocycles. The zero-order valence-electron chi connectivity index (χ0n) is 16.1. The first-order valence-corrected chi connectivity index (χ1v) is 11.7. The summed E-state index contributed by atoms with van der Waals surface area (Å²) in [4.78, 5) is 38.3. The first kappa shape index (κ1) is 19.3. The maximum atomic E-state index is 12.8. The number of aromatic amines is 1. The van der Waals surface area contributed by atoms with E-state index in [1.165, 1.54) is 16.9 Å². The molecular formula is C21H25N3O2S2. The van der Waals surface area contributed by atoms with Crippen LogP contribution in [0.3, 0.4) is 0 Å². The van der Waals surface area contributed by atoms with Crippen LogP contribution < -0.4 is 5.56 Å². The molecule has 0 bridgehead atoms. The quantitative estimate of drug-likeness (QED) is 0.611. The molecule has 1 aliphatic rings. The first-order chi connectivity index (χ1) is 13.7. The lowest BCUT2D eigenvalue weighted by Gasteiger charge is -2.21. The number of carbonyl (C=O) groups is 1. The molecule has 1 amide bonds. The number of nitrogens with one attached hydrogen (secondary N) is 1. The van der Waals surface area contributed by atoms with Crippen molar-refractivity contribution in [1.82, 2.24) is 14.9 Å². The van der Waals surface area contributed by atoms with E-state index >= 15 is 0 Å². The summed E-state index contributed by atoms with van der Waals surface area (Å²) in [6.45, 7) is 2.99. The van der Waals surface area contributed by atoms with E-state index in [1.54, 1.807) is 22.7 Å². The van der Waals surface area contributed by atoms with E-state index in [-0.39, 0.29) is 11.5 Å². The SMILES string of the molecule is CCCCC(=O)N(Cc1nc2sc3c(c2c(=O)[nH]1)CCCC3)Cc1cccs1. The summed E-state index contributed by atoms with van der Waals surface area (Å²) in [5.74, 6) is 0.695. The summed E-state index contributed by atoms with van der Waals surface area (Å²) < 4.78 is 0. The summed E-state index contributed by atoms with van der Waals surface area (Å²) >= 11 is 3.29. The fourth-order valence-electron chi connectivity index (χ4n) is 3.77. The molecule has 0 unspecified atom stereocenters. The topological polar surface area (TPSA) is 66.1 Å². The maximum absolute atomic E-state index is 12.8. The maximum Gasteiger partial charge on any atom is 0.259 e. The number of hydrogen-bond donors (Lipinski definition) is 1. The van der Waals surface area contributed by atoms with E-state index in [4.69, 9.17) is 4.98 Å². The molecule has 0 radical (unpaired) electrons. The highest BCUT2D eigenvalue weighted by Gasteiger charge is 2.21. The third-order valence-electron chi connectivity index (χ3n) is 5.24. The number of amides is 1. The van der Waals surface area contributed by atoms with Crippen molar-refractivity contribution < 1.29 is 4.79 Å². The van der Waals surface area contributed by atoms with Crippen molar-refractivity contribution in [2.75, 3.05) is 0 Å². The Kier molecular flexibility index (Phi) is 5.92. The molecule has 3 heterocycles. The van der Waals surface area contributed by atoms with Gasteiger partial charge in [0.05, 0.1) is 18.5 Å². The van der Waals surface area contributed by atoms with Crippen LogP contribution in [0, 0.1) is 0 Å². The van der Waals surface area contributed by atoms with Crippen molar-refractivity contribution in [3.05, 3.63) is 49.0 Å². The van der Waals surface area contributed by atoms with Crippen molar-refractivity contribution in [3.8, 4) is 0 Å². The molecule has 0 spiro atoms. The predicted molar refractivity (Wildman–Crippen MR) is 115 cm³/mol. The Bertz CT molecular complexity index is 1020. The number of thiophene rings is 2. The lowest BCUT2D eigenvalue weighted by molar-refractivity contribution is -0.132. The molecule has 0 saturated heterocycles. The van der Waals surface area contributed by atoms with Crippen LogP contribution in [0.2, 0.25) is 0 Å². The third kappa shape index (κ3) is 4.05. The van der Waals surface area contributed by atoms with E-state index in [2.05, 4.69) is 11.9 Å². The van der Waals surface area contributed by atoms with Crippen LogP contribution in [-0.2, 0) is 30.7 Å². The second kappa shape index (κ2) is 8.57. The molecule has 28 heavy (non-hydrogen) atoms. The molecule has 4 rings (SSSR count). The highest BCUT2D eigenvalue weighted by Crippen LogP contribution is 2.33. The molecular weight excluding hydrogens is 390 g/mol. The minimum atomic E-state index is -0.0588. The highest BCUT2D eigenvalue weighted by atomic mass is 32.1. The van der Waals surface area contributed by atoms with Crippen molar-refractivity contribution in [1.29, 1.82) is 0 Å². The Morgan fingerprint density at radius 2 is 2.14 bits per heavy atom. The first-order valence-electron chi connectivity index (χ1n) is 9.99. The number of unbranched alkanes of at least 4 members (excludes halogenated alkanes) is 1. The van der Waals surface area contributed by atoms with Crippen LogP contribution in [-0.4, -0.2) is 20.8 Å². The largest absolute Gasteiger partial charge is 0.330 e. The van der Waals surface area contributed by atoms with Gasteiger partial charge in [0.1, 0.15) is 10.7 Å². The molecule has 1 N–H and O–H groups in total. The molecule has 1 aliphatic carbocycles. The fraction of sp³-hybridized carbons (Fsp3) is 0.476. The van der Waals surface area contributed by atoms with Gasteiger partial charge in [-0.1, -0.05) is 19.4 Å². The number of nitrogens with zero attached hydrogens (tertiary/aromatic N) is 2. The monoisotopic (exact) mass is 415 g/mol. The van der Waals surface area contributed by atoms with Crippen molar-refractivity contribution >= 4 is 38.8 Å². The minimum absolute atomic E-state index is 0.0588. The lowest BCUT2D eigenvalue weighted by Crippen LogP contribution is -2.31. The Hall–Kier alpha value is -1.99. The predicted octanol–water partition coefficient (Wildman–Crippen LogP) is 4.64. The molecule has 0 saturated carbocycles. The van der Waals surface area contributed by atoms with Crippen LogP contribution in [0.5, 0.6) is 0 Å². The molecule has 0 fully saturated rings. The molecule has 0 atom stereocenters. The van der Waals surface area contributed by atoms with Crippen LogP contribution in [0.15, 0.2) is 22.3 Å². The van der Waals surface area contributed by atoms with Crippen LogP contribution in [0.25, 0.3) is 10.2 Å². The highest BCUT2D eigenvalue weighted by molar-refractivity contribution is 7.18. The second-order valence-corrected chi connectivity index (χ2v) is 9.45. The molecule has 3 aromatic heterocycles. The number of aryl methyl sites for hydroxylation is 2. The van der Waals surface area contributed by atoms with Crippen LogP contribution in [0.1, 0.15) is 60.2 Å². The van der Waals surface area contributed by atoms with Gasteiger partial charge in [0.25, 0.3) is 5.56 Å². The Morgan fingerprint density at radius 1 is 1.29 bits per heavy atom. The Balaban J connectivity index is 1.62. The number of fused-ring (bicyclic) bond motifs is 3.